The first-order valence-corrected chi connectivity index (χ1v) is 11.2. The van der Waals surface area contributed by atoms with E-state index in [-0.39, 0.29) is 17.5 Å². The van der Waals surface area contributed by atoms with Crippen molar-refractivity contribution < 1.29 is 27.8 Å². The van der Waals surface area contributed by atoms with Crippen molar-refractivity contribution in [2.75, 3.05) is 19.7 Å². The highest BCUT2D eigenvalue weighted by molar-refractivity contribution is 6.02. The van der Waals surface area contributed by atoms with E-state index < -0.39 is 17.8 Å². The number of aliphatic imine (C=N–C) groups is 1. The van der Waals surface area contributed by atoms with E-state index in [0.29, 0.717) is 48.8 Å². The summed E-state index contributed by atoms with van der Waals surface area (Å²) < 4.78 is 44.7. The summed E-state index contributed by atoms with van der Waals surface area (Å²) in [6.45, 7) is 7.30. The van der Waals surface area contributed by atoms with Crippen LogP contribution in [0.5, 0.6) is 5.75 Å². The smallest absolute Gasteiger partial charge is 0.416 e. The number of alkyl halides is 3. The average Bonchev–Trinajstić information content (AvgIpc) is 3.10. The first-order chi connectivity index (χ1) is 15.9. The minimum absolute atomic E-state index is 0.143. The summed E-state index contributed by atoms with van der Waals surface area (Å²) in [4.78, 5) is 18.0. The number of likely N-dealkylation sites (tertiary alicyclic amines) is 1. The van der Waals surface area contributed by atoms with Crippen molar-refractivity contribution in [1.29, 1.82) is 0 Å². The highest BCUT2D eigenvalue weighted by Crippen LogP contribution is 2.35. The molecule has 2 aliphatic rings. The van der Waals surface area contributed by atoms with E-state index >= 15 is 0 Å². The normalized spacial score (nSPS) is 20.8. The van der Waals surface area contributed by atoms with Crippen LogP contribution in [-0.4, -0.2) is 53.7 Å². The fraction of sp³-hybridized carbons (Fsp3) is 0.440. The van der Waals surface area contributed by atoms with Gasteiger partial charge in [-0.1, -0.05) is 39.0 Å². The van der Waals surface area contributed by atoms with Gasteiger partial charge in [-0.25, -0.2) is 4.79 Å². The number of hydrogen-bond acceptors (Lipinski definition) is 4. The van der Waals surface area contributed by atoms with E-state index in [1.165, 1.54) is 17.0 Å². The Balaban J connectivity index is 1.65. The highest BCUT2D eigenvalue weighted by Gasteiger charge is 2.44. The zero-order chi connectivity index (χ0) is 24.7. The number of nitrogens with one attached hydrogen (secondary N) is 1. The summed E-state index contributed by atoms with van der Waals surface area (Å²) in [5.74, 6) is 1.23. The molecule has 0 aliphatic carbocycles. The molecule has 4 rings (SSSR count). The SMILES string of the molecule is CC(C)(C)[C@@H]1C(NC2=NCCOc3ccc(-c4ccc(C(F)(F)F)cc4)cc32)CCN1C(=O)O. The number of carbonyl (C=O) groups is 1. The van der Waals surface area contributed by atoms with Crippen LogP contribution in [0.15, 0.2) is 47.5 Å². The maximum absolute atomic E-state index is 12.9. The van der Waals surface area contributed by atoms with Crippen LogP contribution in [0.2, 0.25) is 0 Å². The Labute approximate surface area is 196 Å². The van der Waals surface area contributed by atoms with Gasteiger partial charge in [-0.15, -0.1) is 0 Å². The van der Waals surface area contributed by atoms with Crippen LogP contribution < -0.4 is 10.1 Å². The third-order valence-corrected chi connectivity index (χ3v) is 6.25. The van der Waals surface area contributed by atoms with E-state index in [4.69, 9.17) is 4.74 Å². The molecular formula is C25H28F3N3O3. The molecule has 1 amide bonds. The lowest BCUT2D eigenvalue weighted by Crippen LogP contribution is -2.53. The minimum atomic E-state index is -4.39. The molecule has 0 saturated carbocycles. The number of fused-ring (bicyclic) bond motifs is 1. The molecule has 2 heterocycles. The number of ether oxygens (including phenoxy) is 1. The van der Waals surface area contributed by atoms with Crippen LogP contribution in [0.3, 0.4) is 0 Å². The number of rotatable bonds is 2. The lowest BCUT2D eigenvalue weighted by atomic mass is 9.82. The summed E-state index contributed by atoms with van der Waals surface area (Å²) in [6.07, 6.45) is -4.69. The van der Waals surface area contributed by atoms with Gasteiger partial charge in [-0.05, 0) is 47.2 Å². The Bertz CT molecular complexity index is 1090. The maximum Gasteiger partial charge on any atom is 0.416 e. The van der Waals surface area contributed by atoms with Gasteiger partial charge in [0.15, 0.2) is 0 Å². The number of amidine groups is 1. The number of nitrogens with zero attached hydrogens (tertiary/aromatic N) is 2. The third-order valence-electron chi connectivity index (χ3n) is 6.25. The summed E-state index contributed by atoms with van der Waals surface area (Å²) >= 11 is 0. The second-order valence-electron chi connectivity index (χ2n) is 9.69. The molecule has 182 valence electrons. The molecule has 1 unspecified atom stereocenters. The Hall–Kier alpha value is -3.23. The zero-order valence-corrected chi connectivity index (χ0v) is 19.3. The summed E-state index contributed by atoms with van der Waals surface area (Å²) in [5.41, 5.74) is 1.09. The molecule has 34 heavy (non-hydrogen) atoms. The minimum Gasteiger partial charge on any atom is -0.491 e. The second kappa shape index (κ2) is 8.85. The van der Waals surface area contributed by atoms with E-state index in [9.17, 15) is 23.1 Å². The van der Waals surface area contributed by atoms with Crippen molar-refractivity contribution >= 4 is 11.9 Å². The molecule has 6 nitrogen and oxygen atoms in total. The Morgan fingerprint density at radius 3 is 2.41 bits per heavy atom. The van der Waals surface area contributed by atoms with Gasteiger partial charge in [0, 0.05) is 6.54 Å². The molecule has 9 heteroatoms. The molecule has 2 aliphatic heterocycles. The Morgan fingerprint density at radius 2 is 1.79 bits per heavy atom. The second-order valence-corrected chi connectivity index (χ2v) is 9.69. The first-order valence-electron chi connectivity index (χ1n) is 11.2. The molecular weight excluding hydrogens is 447 g/mol. The molecule has 0 aromatic heterocycles. The zero-order valence-electron chi connectivity index (χ0n) is 19.3. The molecule has 0 spiro atoms. The molecule has 1 fully saturated rings. The van der Waals surface area contributed by atoms with Gasteiger partial charge in [0.2, 0.25) is 0 Å². The van der Waals surface area contributed by atoms with Crippen LogP contribution in [0.25, 0.3) is 11.1 Å². The molecule has 0 bridgehead atoms. The quantitative estimate of drug-likeness (QED) is 0.621. The van der Waals surface area contributed by atoms with Crippen molar-refractivity contribution in [2.24, 2.45) is 10.4 Å². The number of amides is 1. The monoisotopic (exact) mass is 475 g/mol. The maximum atomic E-state index is 12.9. The fourth-order valence-electron chi connectivity index (χ4n) is 4.80. The van der Waals surface area contributed by atoms with E-state index in [1.807, 2.05) is 32.9 Å². The van der Waals surface area contributed by atoms with Crippen LogP contribution in [0.4, 0.5) is 18.0 Å². The molecule has 2 aromatic rings. The van der Waals surface area contributed by atoms with E-state index in [1.54, 1.807) is 6.07 Å². The first kappa shape index (κ1) is 23.9. The number of halogens is 3. The van der Waals surface area contributed by atoms with Gasteiger partial charge in [-0.3, -0.25) is 4.99 Å². The van der Waals surface area contributed by atoms with Gasteiger partial charge < -0.3 is 20.1 Å². The largest absolute Gasteiger partial charge is 0.491 e. The Morgan fingerprint density at radius 1 is 1.12 bits per heavy atom. The molecule has 2 aromatic carbocycles. The molecule has 0 radical (unpaired) electrons. The van der Waals surface area contributed by atoms with Gasteiger partial charge >= 0.3 is 12.3 Å². The number of hydrogen-bond donors (Lipinski definition) is 2. The Kier molecular flexibility index (Phi) is 6.22. The number of carboxylic acid groups (broad SMARTS) is 1. The highest BCUT2D eigenvalue weighted by atomic mass is 19.4. The lowest BCUT2D eigenvalue weighted by Gasteiger charge is -2.37. The standard InChI is InChI=1S/C25H28F3N3O3/c1-24(2,3)21-19(10-12-31(21)23(32)33)30-22-18-14-16(6-9-20(18)34-13-11-29-22)15-4-7-17(8-5-15)25(26,27)28/h4-9,14,19,21H,10-13H2,1-3H3,(H,29,30)(H,32,33)/t19?,21-/m0/s1. The summed E-state index contributed by atoms with van der Waals surface area (Å²) in [7, 11) is 0. The third kappa shape index (κ3) is 4.83. The van der Waals surface area contributed by atoms with Crippen molar-refractivity contribution in [3.05, 3.63) is 53.6 Å². The van der Waals surface area contributed by atoms with E-state index in [0.717, 1.165) is 17.7 Å². The topological polar surface area (TPSA) is 74.2 Å². The predicted octanol–water partition coefficient (Wildman–Crippen LogP) is 5.27. The summed E-state index contributed by atoms with van der Waals surface area (Å²) in [5, 5.41) is 13.2. The number of benzene rings is 2. The average molecular weight is 476 g/mol. The van der Waals surface area contributed by atoms with Gasteiger partial charge in [0.25, 0.3) is 0 Å². The van der Waals surface area contributed by atoms with Crippen molar-refractivity contribution in [2.45, 2.75) is 45.5 Å². The predicted molar refractivity (Wildman–Crippen MR) is 123 cm³/mol. The van der Waals surface area contributed by atoms with Crippen LogP contribution in [0, 0.1) is 5.41 Å². The van der Waals surface area contributed by atoms with Crippen LogP contribution in [-0.2, 0) is 6.18 Å². The van der Waals surface area contributed by atoms with Crippen molar-refractivity contribution in [1.82, 2.24) is 10.2 Å². The lowest BCUT2D eigenvalue weighted by molar-refractivity contribution is -0.137. The van der Waals surface area contributed by atoms with Crippen molar-refractivity contribution in [3.63, 3.8) is 0 Å². The molecule has 2 N–H and O–H groups in total. The van der Waals surface area contributed by atoms with Crippen molar-refractivity contribution in [3.8, 4) is 16.9 Å². The van der Waals surface area contributed by atoms with Crippen LogP contribution >= 0.6 is 0 Å². The molecule has 1 saturated heterocycles. The van der Waals surface area contributed by atoms with E-state index in [2.05, 4.69) is 10.3 Å². The molecule has 2 atom stereocenters. The van der Waals surface area contributed by atoms with Gasteiger partial charge in [-0.2, -0.15) is 13.2 Å². The fourth-order valence-corrected chi connectivity index (χ4v) is 4.80. The van der Waals surface area contributed by atoms with Crippen LogP contribution in [0.1, 0.15) is 38.3 Å². The van der Waals surface area contributed by atoms with Gasteiger partial charge in [0.05, 0.1) is 29.8 Å². The summed E-state index contributed by atoms with van der Waals surface area (Å²) in [6, 6.07) is 10.1. The van der Waals surface area contributed by atoms with Gasteiger partial charge in [0.1, 0.15) is 18.2 Å².